The van der Waals surface area contributed by atoms with Gasteiger partial charge in [-0.15, -0.1) is 0 Å². The molecule has 0 amide bonds. The standard InChI is InChI=1S/C34H28F6N8O4S/c1-18-25(10-9-24(52-2)27(18)36)53(50,51)46-20-7-6-19(35)29(28(20)37)45-32-30-21(41-16-42-32)8-11-26(44-30)48-17-43-31-22(4-3-5-23(31)48)47-14-12-33(49,13-15-47)34(38,39)40/h3-11,16-17,46,49H,12-15H2,1-2H3,(H,41,42,45). The second kappa shape index (κ2) is 13.1. The van der Waals surface area contributed by atoms with Gasteiger partial charge in [-0.3, -0.25) is 9.29 Å². The van der Waals surface area contributed by atoms with Crippen molar-refractivity contribution in [2.24, 2.45) is 0 Å². The van der Waals surface area contributed by atoms with Gasteiger partial charge in [0.15, 0.2) is 28.8 Å². The number of para-hydroxylation sites is 1. The molecule has 4 heterocycles. The number of aromatic nitrogens is 5. The van der Waals surface area contributed by atoms with Crippen molar-refractivity contribution >= 4 is 55.0 Å². The number of hydrogen-bond acceptors (Lipinski definition) is 10. The molecule has 0 bridgehead atoms. The summed E-state index contributed by atoms with van der Waals surface area (Å²) in [4.78, 5) is 18.7. The quantitative estimate of drug-likeness (QED) is 0.146. The summed E-state index contributed by atoms with van der Waals surface area (Å²) in [6.07, 6.45) is -3.17. The third-order valence-corrected chi connectivity index (χ3v) is 10.6. The number of hydrogen-bond donors (Lipinski definition) is 3. The highest BCUT2D eigenvalue weighted by Gasteiger charge is 2.54. The summed E-state index contributed by atoms with van der Waals surface area (Å²) in [6, 6.07) is 12.2. The van der Waals surface area contributed by atoms with E-state index in [0.717, 1.165) is 30.6 Å². The normalized spacial score (nSPS) is 14.8. The number of fused-ring (bicyclic) bond motifs is 2. The number of ether oxygens (including phenoxy) is 1. The van der Waals surface area contributed by atoms with Gasteiger partial charge in [-0.2, -0.15) is 13.2 Å². The molecule has 0 unspecified atom stereocenters. The van der Waals surface area contributed by atoms with Crippen LogP contribution in [-0.4, -0.2) is 70.0 Å². The van der Waals surface area contributed by atoms with Crippen LogP contribution in [0.1, 0.15) is 18.4 Å². The van der Waals surface area contributed by atoms with Gasteiger partial charge in [-0.05, 0) is 55.5 Å². The average molecular weight is 759 g/mol. The fourth-order valence-electron chi connectivity index (χ4n) is 6.17. The molecule has 0 saturated carbocycles. The average Bonchev–Trinajstić information content (AvgIpc) is 3.57. The highest BCUT2D eigenvalue weighted by molar-refractivity contribution is 7.92. The van der Waals surface area contributed by atoms with Gasteiger partial charge in [0, 0.05) is 31.5 Å². The number of nitrogens with one attached hydrogen (secondary N) is 2. The maximum atomic E-state index is 15.9. The maximum Gasteiger partial charge on any atom is 0.417 e. The number of pyridine rings is 1. The van der Waals surface area contributed by atoms with E-state index in [9.17, 15) is 31.1 Å². The molecule has 0 atom stereocenters. The van der Waals surface area contributed by atoms with E-state index in [0.29, 0.717) is 16.7 Å². The molecule has 7 rings (SSSR count). The lowest BCUT2D eigenvalue weighted by Gasteiger charge is -2.40. The molecule has 12 nitrogen and oxygen atoms in total. The van der Waals surface area contributed by atoms with Crippen LogP contribution in [0.4, 0.5) is 49.2 Å². The van der Waals surface area contributed by atoms with Crippen LogP contribution >= 0.6 is 0 Å². The Labute approximate surface area is 297 Å². The topological polar surface area (TPSA) is 147 Å². The molecule has 3 aromatic carbocycles. The first-order valence-corrected chi connectivity index (χ1v) is 17.3. The van der Waals surface area contributed by atoms with Crippen molar-refractivity contribution in [2.45, 2.75) is 36.4 Å². The van der Waals surface area contributed by atoms with E-state index in [1.807, 2.05) is 4.72 Å². The minimum absolute atomic E-state index is 0.0575. The molecule has 6 aromatic rings. The van der Waals surface area contributed by atoms with E-state index < -0.39 is 68.4 Å². The van der Waals surface area contributed by atoms with Crippen LogP contribution < -0.4 is 19.7 Å². The van der Waals surface area contributed by atoms with Crippen molar-refractivity contribution in [3.05, 3.63) is 90.3 Å². The van der Waals surface area contributed by atoms with Gasteiger partial charge in [0.25, 0.3) is 10.0 Å². The number of imidazole rings is 1. The Morgan fingerprint density at radius 1 is 0.925 bits per heavy atom. The monoisotopic (exact) mass is 758 g/mol. The van der Waals surface area contributed by atoms with E-state index in [1.54, 1.807) is 39.8 Å². The van der Waals surface area contributed by atoms with Crippen molar-refractivity contribution in [1.82, 2.24) is 24.5 Å². The molecule has 0 radical (unpaired) electrons. The number of sulfonamides is 1. The number of aliphatic hydroxyl groups is 1. The number of methoxy groups -OCH3 is 1. The number of benzene rings is 3. The lowest BCUT2D eigenvalue weighted by atomic mass is 9.90. The molecule has 0 spiro atoms. The van der Waals surface area contributed by atoms with Crippen molar-refractivity contribution in [1.29, 1.82) is 0 Å². The molecule has 3 aromatic heterocycles. The molecule has 1 fully saturated rings. The summed E-state index contributed by atoms with van der Waals surface area (Å²) in [5, 5.41) is 12.7. The van der Waals surface area contributed by atoms with E-state index >= 15 is 8.78 Å². The van der Waals surface area contributed by atoms with Gasteiger partial charge in [-0.1, -0.05) is 6.07 Å². The highest BCUT2D eigenvalue weighted by Crippen LogP contribution is 2.40. The van der Waals surface area contributed by atoms with E-state index in [2.05, 4.69) is 25.3 Å². The molecule has 1 aliphatic heterocycles. The fraction of sp³-hybridized carbons (Fsp3) is 0.235. The Kier molecular flexibility index (Phi) is 8.80. The first-order valence-electron chi connectivity index (χ1n) is 15.8. The molecule has 19 heteroatoms. The Morgan fingerprint density at radius 3 is 2.40 bits per heavy atom. The van der Waals surface area contributed by atoms with Crippen LogP contribution in [-0.2, 0) is 10.0 Å². The van der Waals surface area contributed by atoms with E-state index in [-0.39, 0.29) is 47.1 Å². The summed E-state index contributed by atoms with van der Waals surface area (Å²) in [7, 11) is -3.35. The van der Waals surface area contributed by atoms with Gasteiger partial charge in [0.1, 0.15) is 41.0 Å². The second-order valence-corrected chi connectivity index (χ2v) is 13.9. The largest absolute Gasteiger partial charge is 0.494 e. The molecular weight excluding hydrogens is 730 g/mol. The zero-order valence-corrected chi connectivity index (χ0v) is 28.5. The molecular formula is C34H28F6N8O4S. The Hall–Kier alpha value is -5.69. The predicted octanol–water partition coefficient (Wildman–Crippen LogP) is 6.54. The molecule has 276 valence electrons. The Morgan fingerprint density at radius 2 is 1.68 bits per heavy atom. The maximum absolute atomic E-state index is 15.9. The van der Waals surface area contributed by atoms with E-state index in [1.165, 1.54) is 20.4 Å². The number of nitrogens with zero attached hydrogens (tertiary/aromatic N) is 6. The summed E-state index contributed by atoms with van der Waals surface area (Å²) in [5.41, 5.74) is -2.55. The smallest absolute Gasteiger partial charge is 0.417 e. The van der Waals surface area contributed by atoms with Gasteiger partial charge < -0.3 is 20.1 Å². The summed E-state index contributed by atoms with van der Waals surface area (Å²) in [6.45, 7) is 1.10. The minimum Gasteiger partial charge on any atom is -0.494 e. The van der Waals surface area contributed by atoms with Gasteiger partial charge in [0.2, 0.25) is 0 Å². The number of halogens is 6. The van der Waals surface area contributed by atoms with Crippen molar-refractivity contribution in [3.63, 3.8) is 0 Å². The van der Waals surface area contributed by atoms with Crippen LogP contribution in [0.5, 0.6) is 5.75 Å². The third kappa shape index (κ3) is 6.28. The molecule has 53 heavy (non-hydrogen) atoms. The minimum atomic E-state index is -4.75. The molecule has 1 saturated heterocycles. The second-order valence-electron chi connectivity index (χ2n) is 12.3. The zero-order valence-electron chi connectivity index (χ0n) is 27.7. The van der Waals surface area contributed by atoms with Crippen molar-refractivity contribution in [3.8, 4) is 11.6 Å². The Bertz CT molecular complexity index is 2510. The first-order chi connectivity index (χ1) is 25.1. The SMILES string of the molecule is COc1ccc(S(=O)(=O)Nc2ccc(F)c(Nc3ncnc4ccc(-n5cnc6c(N7CCC(O)(C(F)(F)F)CC7)cccc65)nc34)c2F)c(C)c1F. The molecule has 3 N–H and O–H groups in total. The molecule has 0 aliphatic carbocycles. The van der Waals surface area contributed by atoms with Crippen LogP contribution in [0, 0.1) is 24.4 Å². The van der Waals surface area contributed by atoms with Gasteiger partial charge in [0.05, 0.1) is 34.4 Å². The van der Waals surface area contributed by atoms with Crippen LogP contribution in [0.25, 0.3) is 27.9 Å². The highest BCUT2D eigenvalue weighted by atomic mass is 32.2. The number of alkyl halides is 3. The summed E-state index contributed by atoms with van der Waals surface area (Å²) < 4.78 is 121. The number of rotatable bonds is 8. The fourth-order valence-corrected chi connectivity index (χ4v) is 7.47. The van der Waals surface area contributed by atoms with Gasteiger partial charge >= 0.3 is 6.18 Å². The van der Waals surface area contributed by atoms with Crippen molar-refractivity contribution < 1.29 is 44.6 Å². The Balaban J connectivity index is 1.20. The van der Waals surface area contributed by atoms with E-state index in [4.69, 9.17) is 4.74 Å². The molecule has 1 aliphatic rings. The van der Waals surface area contributed by atoms with Crippen LogP contribution in [0.15, 0.2) is 72.1 Å². The number of anilines is 4. The first kappa shape index (κ1) is 35.7. The van der Waals surface area contributed by atoms with Crippen LogP contribution in [0.3, 0.4) is 0 Å². The zero-order chi connectivity index (χ0) is 37.9. The van der Waals surface area contributed by atoms with Crippen molar-refractivity contribution in [2.75, 3.05) is 35.1 Å². The summed E-state index contributed by atoms with van der Waals surface area (Å²) >= 11 is 0. The lowest BCUT2D eigenvalue weighted by Crippen LogP contribution is -2.53. The third-order valence-electron chi connectivity index (χ3n) is 9.12. The predicted molar refractivity (Wildman–Crippen MR) is 183 cm³/mol. The summed E-state index contributed by atoms with van der Waals surface area (Å²) in [5.74, 6) is -3.40. The van der Waals surface area contributed by atoms with Gasteiger partial charge in [-0.25, -0.2) is 41.5 Å². The lowest BCUT2D eigenvalue weighted by molar-refractivity contribution is -0.266. The number of piperidine rings is 1. The van der Waals surface area contributed by atoms with Crippen LogP contribution in [0.2, 0.25) is 0 Å².